The number of quaternary nitrogens is 1. The van der Waals surface area contributed by atoms with Crippen LogP contribution in [0.1, 0.15) is 5.56 Å². The van der Waals surface area contributed by atoms with E-state index in [4.69, 9.17) is 0 Å². The fraction of sp³-hybridized carbons (Fsp3) is 0.133. The van der Waals surface area contributed by atoms with Crippen molar-refractivity contribution in [2.24, 2.45) is 5.10 Å². The molecule has 0 aliphatic heterocycles. The SMILES string of the molecule is C[N+](C)(/N=C(\[O-])c1ccccc1)c1ccccc1. The smallest absolute Gasteiger partial charge is 0.158 e. The molecule has 2 rings (SSSR count). The minimum atomic E-state index is -0.204. The van der Waals surface area contributed by atoms with E-state index in [2.05, 4.69) is 5.10 Å². The summed E-state index contributed by atoms with van der Waals surface area (Å²) in [5.41, 5.74) is 1.58. The Balaban J connectivity index is 2.32. The number of benzene rings is 2. The van der Waals surface area contributed by atoms with Crippen LogP contribution in [0, 0.1) is 0 Å². The third kappa shape index (κ3) is 2.76. The van der Waals surface area contributed by atoms with Crippen molar-refractivity contribution < 1.29 is 5.11 Å². The van der Waals surface area contributed by atoms with E-state index in [9.17, 15) is 5.11 Å². The van der Waals surface area contributed by atoms with Gasteiger partial charge in [-0.2, -0.15) is 4.59 Å². The maximum absolute atomic E-state index is 12.1. The van der Waals surface area contributed by atoms with Gasteiger partial charge in [0.1, 0.15) is 0 Å². The lowest BCUT2D eigenvalue weighted by Crippen LogP contribution is -2.38. The lowest BCUT2D eigenvalue weighted by molar-refractivity contribution is -0.214. The molecule has 0 radical (unpaired) electrons. The molecule has 0 bridgehead atoms. The van der Waals surface area contributed by atoms with Crippen LogP contribution in [0.3, 0.4) is 0 Å². The van der Waals surface area contributed by atoms with Gasteiger partial charge in [0.2, 0.25) is 0 Å². The molecule has 3 nitrogen and oxygen atoms in total. The quantitative estimate of drug-likeness (QED) is 0.350. The molecule has 0 saturated heterocycles. The van der Waals surface area contributed by atoms with E-state index in [1.807, 2.05) is 62.6 Å². The molecule has 0 unspecified atom stereocenters. The molecule has 0 aromatic heterocycles. The molecular weight excluding hydrogens is 224 g/mol. The van der Waals surface area contributed by atoms with E-state index < -0.39 is 0 Å². The highest BCUT2D eigenvalue weighted by molar-refractivity contribution is 5.90. The normalized spacial score (nSPS) is 12.4. The maximum Gasteiger partial charge on any atom is 0.158 e. The summed E-state index contributed by atoms with van der Waals surface area (Å²) < 4.78 is 0.189. The van der Waals surface area contributed by atoms with Crippen molar-refractivity contribution in [3.05, 3.63) is 66.2 Å². The van der Waals surface area contributed by atoms with E-state index in [-0.39, 0.29) is 10.5 Å². The Bertz CT molecular complexity index is 533. The van der Waals surface area contributed by atoms with Crippen molar-refractivity contribution in [1.82, 2.24) is 4.59 Å². The van der Waals surface area contributed by atoms with Gasteiger partial charge in [-0.1, -0.05) is 53.6 Å². The van der Waals surface area contributed by atoms with Crippen LogP contribution < -0.4 is 9.70 Å². The number of para-hydroxylation sites is 1. The van der Waals surface area contributed by atoms with Gasteiger partial charge in [-0.3, -0.25) is 0 Å². The lowest BCUT2D eigenvalue weighted by atomic mass is 10.2. The first-order chi connectivity index (χ1) is 8.59. The zero-order valence-electron chi connectivity index (χ0n) is 10.6. The molecular formula is C15H16N2O. The molecule has 0 amide bonds. The van der Waals surface area contributed by atoms with Gasteiger partial charge in [0.05, 0.1) is 20.0 Å². The highest BCUT2D eigenvalue weighted by Crippen LogP contribution is 2.18. The zero-order valence-corrected chi connectivity index (χ0v) is 10.6. The highest BCUT2D eigenvalue weighted by Gasteiger charge is 2.17. The van der Waals surface area contributed by atoms with Crippen molar-refractivity contribution in [3.8, 4) is 0 Å². The summed E-state index contributed by atoms with van der Waals surface area (Å²) in [6.45, 7) is 0. The Kier molecular flexibility index (Phi) is 3.44. The lowest BCUT2D eigenvalue weighted by Gasteiger charge is -2.24. The molecule has 0 aliphatic rings. The fourth-order valence-electron chi connectivity index (χ4n) is 1.72. The topological polar surface area (TPSA) is 35.4 Å². The van der Waals surface area contributed by atoms with Crippen molar-refractivity contribution in [2.45, 2.75) is 0 Å². The van der Waals surface area contributed by atoms with Crippen LogP contribution in [0.15, 0.2) is 65.8 Å². The largest absolute Gasteiger partial charge is 0.855 e. The monoisotopic (exact) mass is 240 g/mol. The van der Waals surface area contributed by atoms with Crippen molar-refractivity contribution in [3.63, 3.8) is 0 Å². The second kappa shape index (κ2) is 5.02. The first kappa shape index (κ1) is 12.3. The molecule has 0 saturated carbocycles. The Hall–Kier alpha value is -2.13. The molecule has 3 heteroatoms. The third-order valence-electron chi connectivity index (χ3n) is 2.75. The number of nitrogens with zero attached hydrogens (tertiary/aromatic N) is 2. The minimum Gasteiger partial charge on any atom is -0.855 e. The third-order valence-corrected chi connectivity index (χ3v) is 2.75. The van der Waals surface area contributed by atoms with Crippen LogP contribution in [0.25, 0.3) is 0 Å². The highest BCUT2D eigenvalue weighted by atomic mass is 16.3. The molecule has 2 aromatic carbocycles. The minimum absolute atomic E-state index is 0.189. The van der Waals surface area contributed by atoms with Gasteiger partial charge in [0.15, 0.2) is 5.69 Å². The van der Waals surface area contributed by atoms with Gasteiger partial charge in [-0.15, -0.1) is 0 Å². The second-order valence-electron chi connectivity index (χ2n) is 4.50. The van der Waals surface area contributed by atoms with Crippen LogP contribution in [-0.4, -0.2) is 20.0 Å². The van der Waals surface area contributed by atoms with Gasteiger partial charge in [0, 0.05) is 12.1 Å². The van der Waals surface area contributed by atoms with Gasteiger partial charge in [-0.25, -0.2) is 0 Å². The molecule has 0 aliphatic carbocycles. The summed E-state index contributed by atoms with van der Waals surface area (Å²) in [6, 6.07) is 18.9. The van der Waals surface area contributed by atoms with Crippen LogP contribution >= 0.6 is 0 Å². The van der Waals surface area contributed by atoms with E-state index in [0.717, 1.165) is 5.69 Å². The van der Waals surface area contributed by atoms with Gasteiger partial charge in [-0.05, 0) is 5.56 Å². The van der Waals surface area contributed by atoms with Gasteiger partial charge >= 0.3 is 0 Å². The molecule has 0 atom stereocenters. The van der Waals surface area contributed by atoms with Crippen LogP contribution in [-0.2, 0) is 0 Å². The van der Waals surface area contributed by atoms with Gasteiger partial charge in [0.25, 0.3) is 0 Å². The van der Waals surface area contributed by atoms with Crippen LogP contribution in [0.4, 0.5) is 5.69 Å². The summed E-state index contributed by atoms with van der Waals surface area (Å²) in [6.07, 6.45) is 0. The molecule has 18 heavy (non-hydrogen) atoms. The number of rotatable bonds is 3. The maximum atomic E-state index is 12.1. The Morgan fingerprint density at radius 1 is 0.889 bits per heavy atom. The Morgan fingerprint density at radius 2 is 1.39 bits per heavy atom. The Morgan fingerprint density at radius 3 is 1.94 bits per heavy atom. The molecule has 92 valence electrons. The van der Waals surface area contributed by atoms with Crippen molar-refractivity contribution >= 4 is 11.6 Å². The fourth-order valence-corrected chi connectivity index (χ4v) is 1.72. The van der Waals surface area contributed by atoms with Gasteiger partial charge < -0.3 is 5.11 Å². The predicted octanol–water partition coefficient (Wildman–Crippen LogP) is 1.98. The van der Waals surface area contributed by atoms with E-state index in [1.54, 1.807) is 12.1 Å². The van der Waals surface area contributed by atoms with Crippen molar-refractivity contribution in [1.29, 1.82) is 0 Å². The average molecular weight is 240 g/mol. The average Bonchev–Trinajstić information content (AvgIpc) is 2.40. The summed E-state index contributed by atoms with van der Waals surface area (Å²) in [7, 11) is 3.77. The van der Waals surface area contributed by atoms with Crippen molar-refractivity contribution in [2.75, 3.05) is 14.1 Å². The molecule has 2 aromatic rings. The summed E-state index contributed by atoms with van der Waals surface area (Å²) in [5, 5.41) is 16.3. The molecule has 0 spiro atoms. The second-order valence-corrected chi connectivity index (χ2v) is 4.50. The first-order valence-corrected chi connectivity index (χ1v) is 5.82. The van der Waals surface area contributed by atoms with Crippen LogP contribution in [0.5, 0.6) is 0 Å². The van der Waals surface area contributed by atoms with E-state index in [1.165, 1.54) is 0 Å². The summed E-state index contributed by atoms with van der Waals surface area (Å²) in [5.74, 6) is -0.204. The molecule has 0 fully saturated rings. The van der Waals surface area contributed by atoms with E-state index >= 15 is 0 Å². The Labute approximate surface area is 107 Å². The number of hydrogen-bond donors (Lipinski definition) is 0. The summed E-state index contributed by atoms with van der Waals surface area (Å²) >= 11 is 0. The molecule has 0 N–H and O–H groups in total. The zero-order chi connectivity index (χ0) is 13.0. The number of hydrogen-bond acceptors (Lipinski definition) is 2. The first-order valence-electron chi connectivity index (χ1n) is 5.82. The summed E-state index contributed by atoms with van der Waals surface area (Å²) in [4.78, 5) is 0. The van der Waals surface area contributed by atoms with Crippen LogP contribution in [0.2, 0.25) is 0 Å². The van der Waals surface area contributed by atoms with E-state index in [0.29, 0.717) is 5.56 Å². The standard InChI is InChI=1S/C15H16N2O/c1-17(2,14-11-7-4-8-12-14)16-15(18)13-9-5-3-6-10-13/h3-12H,1-2H3. The molecule has 0 heterocycles. The predicted molar refractivity (Wildman–Crippen MR) is 73.1 cm³/mol.